The Kier molecular flexibility index (Phi) is 7.56. The van der Waals surface area contributed by atoms with Gasteiger partial charge in [0.2, 0.25) is 5.91 Å². The van der Waals surface area contributed by atoms with Crippen LogP contribution < -0.4 is 0 Å². The number of rotatable bonds is 7. The summed E-state index contributed by atoms with van der Waals surface area (Å²) in [5.74, 6) is 0.549. The summed E-state index contributed by atoms with van der Waals surface area (Å²) in [4.78, 5) is 16.1. The van der Waals surface area contributed by atoms with Gasteiger partial charge >= 0.3 is 0 Å². The van der Waals surface area contributed by atoms with Crippen LogP contribution in [0.25, 0.3) is 0 Å². The van der Waals surface area contributed by atoms with E-state index in [1.807, 2.05) is 14.0 Å². The van der Waals surface area contributed by atoms with E-state index in [2.05, 4.69) is 11.0 Å². The molecule has 1 fully saturated rings. The lowest BCUT2D eigenvalue weighted by molar-refractivity contribution is -0.132. The zero-order valence-electron chi connectivity index (χ0n) is 12.7. The lowest BCUT2D eigenvalue weighted by Crippen LogP contribution is -2.44. The van der Waals surface area contributed by atoms with Crippen LogP contribution in [0.5, 0.6) is 0 Å². The fraction of sp³-hybridized carbons (Fsp3) is 0.867. The first-order valence-electron chi connectivity index (χ1n) is 7.58. The van der Waals surface area contributed by atoms with E-state index in [0.29, 0.717) is 38.0 Å². The van der Waals surface area contributed by atoms with Crippen molar-refractivity contribution in [3.8, 4) is 6.07 Å². The van der Waals surface area contributed by atoms with Gasteiger partial charge in [-0.05, 0) is 45.6 Å². The molecule has 0 aliphatic heterocycles. The van der Waals surface area contributed by atoms with Gasteiger partial charge in [-0.2, -0.15) is 5.26 Å². The monoisotopic (exact) mass is 281 g/mol. The van der Waals surface area contributed by atoms with Crippen molar-refractivity contribution in [1.82, 2.24) is 9.80 Å². The van der Waals surface area contributed by atoms with Crippen LogP contribution in [-0.2, 0) is 4.79 Å². The van der Waals surface area contributed by atoms with Crippen LogP contribution in [0.1, 0.15) is 39.0 Å². The average molecular weight is 281 g/mol. The van der Waals surface area contributed by atoms with Crippen molar-refractivity contribution in [2.24, 2.45) is 5.92 Å². The molecule has 0 unspecified atom stereocenters. The molecule has 20 heavy (non-hydrogen) atoms. The lowest BCUT2D eigenvalue weighted by Gasteiger charge is -2.34. The predicted molar refractivity (Wildman–Crippen MR) is 77.9 cm³/mol. The van der Waals surface area contributed by atoms with Crippen molar-refractivity contribution in [3.05, 3.63) is 0 Å². The van der Waals surface area contributed by atoms with Gasteiger partial charge in [0.1, 0.15) is 0 Å². The van der Waals surface area contributed by atoms with Crippen molar-refractivity contribution in [2.45, 2.75) is 45.1 Å². The second-order valence-corrected chi connectivity index (χ2v) is 5.65. The molecule has 1 saturated carbocycles. The van der Waals surface area contributed by atoms with Crippen LogP contribution in [0.4, 0.5) is 0 Å². The third-order valence-electron chi connectivity index (χ3n) is 4.31. The van der Waals surface area contributed by atoms with E-state index in [-0.39, 0.29) is 12.5 Å². The molecule has 0 spiro atoms. The number of nitriles is 1. The Morgan fingerprint density at radius 1 is 1.35 bits per heavy atom. The van der Waals surface area contributed by atoms with Gasteiger partial charge in [-0.1, -0.05) is 0 Å². The number of carbonyl (C=O) groups excluding carboxylic acids is 1. The molecule has 0 bridgehead atoms. The second-order valence-electron chi connectivity index (χ2n) is 5.65. The van der Waals surface area contributed by atoms with E-state index in [0.717, 1.165) is 25.7 Å². The highest BCUT2D eigenvalue weighted by molar-refractivity contribution is 5.78. The third kappa shape index (κ3) is 5.10. The van der Waals surface area contributed by atoms with E-state index in [1.165, 1.54) is 0 Å². The maximum atomic E-state index is 12.2. The zero-order valence-corrected chi connectivity index (χ0v) is 12.7. The maximum absolute atomic E-state index is 12.2. The van der Waals surface area contributed by atoms with Crippen LogP contribution in [0.15, 0.2) is 0 Å². The number of hydrogen-bond donors (Lipinski definition) is 1. The molecule has 1 N–H and O–H groups in total. The van der Waals surface area contributed by atoms with Gasteiger partial charge in [0, 0.05) is 25.7 Å². The van der Waals surface area contributed by atoms with Crippen LogP contribution in [0, 0.1) is 17.2 Å². The number of amides is 1. The number of carbonyl (C=O) groups is 1. The Morgan fingerprint density at radius 3 is 2.50 bits per heavy atom. The molecule has 1 aliphatic rings. The van der Waals surface area contributed by atoms with Crippen LogP contribution in [0.2, 0.25) is 0 Å². The molecule has 0 heterocycles. The molecule has 5 nitrogen and oxygen atoms in total. The zero-order chi connectivity index (χ0) is 15.0. The quantitative estimate of drug-likeness (QED) is 0.762. The minimum absolute atomic E-state index is 0.106. The SMILES string of the molecule is CCN(CCC#N)C(=O)CN(C)C1CCC(CO)CC1. The second kappa shape index (κ2) is 8.93. The van der Waals surface area contributed by atoms with Crippen molar-refractivity contribution in [3.63, 3.8) is 0 Å². The Hall–Kier alpha value is -1.12. The molecule has 1 amide bonds. The Bertz CT molecular complexity index is 333. The van der Waals surface area contributed by atoms with E-state index in [9.17, 15) is 4.79 Å². The minimum Gasteiger partial charge on any atom is -0.396 e. The van der Waals surface area contributed by atoms with Crippen molar-refractivity contribution < 1.29 is 9.90 Å². The molecule has 0 saturated heterocycles. The number of nitrogens with zero attached hydrogens (tertiary/aromatic N) is 3. The molecule has 0 aromatic rings. The molecule has 0 radical (unpaired) electrons. The first kappa shape index (κ1) is 16.9. The van der Waals surface area contributed by atoms with Gasteiger partial charge in [0.15, 0.2) is 0 Å². The first-order chi connectivity index (χ1) is 9.62. The molecule has 5 heteroatoms. The summed E-state index contributed by atoms with van der Waals surface area (Å²) in [6, 6.07) is 2.53. The number of aliphatic hydroxyl groups is 1. The molecule has 0 aromatic heterocycles. The van der Waals surface area contributed by atoms with Crippen molar-refractivity contribution in [1.29, 1.82) is 5.26 Å². The summed E-state index contributed by atoms with van der Waals surface area (Å²) in [6.07, 6.45) is 4.60. The predicted octanol–water partition coefficient (Wildman–Crippen LogP) is 1.23. The largest absolute Gasteiger partial charge is 0.396 e. The van der Waals surface area contributed by atoms with Gasteiger partial charge in [0.05, 0.1) is 19.0 Å². The molecule has 0 atom stereocenters. The van der Waals surface area contributed by atoms with Gasteiger partial charge in [-0.25, -0.2) is 0 Å². The molecule has 1 rings (SSSR count). The maximum Gasteiger partial charge on any atom is 0.236 e. The van der Waals surface area contributed by atoms with Crippen LogP contribution >= 0.6 is 0 Å². The third-order valence-corrected chi connectivity index (χ3v) is 4.31. The number of aliphatic hydroxyl groups excluding tert-OH is 1. The molecular weight excluding hydrogens is 254 g/mol. The standard InChI is InChI=1S/C15H27N3O2/c1-3-18(10-4-9-16)15(20)11-17(2)14-7-5-13(12-19)6-8-14/h13-14,19H,3-8,10-12H2,1-2H3. The van der Waals surface area contributed by atoms with Crippen LogP contribution in [-0.4, -0.2) is 60.1 Å². The Balaban J connectivity index is 2.39. The van der Waals surface area contributed by atoms with Gasteiger partial charge in [-0.15, -0.1) is 0 Å². The van der Waals surface area contributed by atoms with E-state index >= 15 is 0 Å². The molecular formula is C15H27N3O2. The number of likely N-dealkylation sites (N-methyl/N-ethyl adjacent to an activating group) is 2. The minimum atomic E-state index is 0.106. The van der Waals surface area contributed by atoms with Gasteiger partial charge in [-0.3, -0.25) is 9.69 Å². The Labute approximate surface area is 122 Å². The highest BCUT2D eigenvalue weighted by atomic mass is 16.3. The first-order valence-corrected chi connectivity index (χ1v) is 7.58. The topological polar surface area (TPSA) is 67.6 Å². The fourth-order valence-electron chi connectivity index (χ4n) is 2.85. The summed E-state index contributed by atoms with van der Waals surface area (Å²) >= 11 is 0. The molecule has 0 aromatic carbocycles. The summed E-state index contributed by atoms with van der Waals surface area (Å²) < 4.78 is 0. The molecule has 114 valence electrons. The van der Waals surface area contributed by atoms with Crippen molar-refractivity contribution >= 4 is 5.91 Å². The van der Waals surface area contributed by atoms with Crippen molar-refractivity contribution in [2.75, 3.05) is 33.3 Å². The summed E-state index contributed by atoms with van der Waals surface area (Å²) in [6.45, 7) is 3.84. The summed E-state index contributed by atoms with van der Waals surface area (Å²) in [5, 5.41) is 17.8. The van der Waals surface area contributed by atoms with E-state index < -0.39 is 0 Å². The normalized spacial score (nSPS) is 22.6. The fourth-order valence-corrected chi connectivity index (χ4v) is 2.85. The van der Waals surface area contributed by atoms with Gasteiger partial charge < -0.3 is 10.0 Å². The average Bonchev–Trinajstić information content (AvgIpc) is 2.48. The van der Waals surface area contributed by atoms with E-state index in [1.54, 1.807) is 4.90 Å². The smallest absolute Gasteiger partial charge is 0.236 e. The van der Waals surface area contributed by atoms with Gasteiger partial charge in [0.25, 0.3) is 0 Å². The highest BCUT2D eigenvalue weighted by Gasteiger charge is 2.25. The highest BCUT2D eigenvalue weighted by Crippen LogP contribution is 2.26. The van der Waals surface area contributed by atoms with E-state index in [4.69, 9.17) is 10.4 Å². The summed E-state index contributed by atoms with van der Waals surface area (Å²) in [5.41, 5.74) is 0. The summed E-state index contributed by atoms with van der Waals surface area (Å²) in [7, 11) is 2.00. The lowest BCUT2D eigenvalue weighted by atomic mass is 9.86. The number of hydrogen-bond acceptors (Lipinski definition) is 4. The Morgan fingerprint density at radius 2 is 2.00 bits per heavy atom. The molecule has 1 aliphatic carbocycles. The van der Waals surface area contributed by atoms with Crippen LogP contribution in [0.3, 0.4) is 0 Å².